The summed E-state index contributed by atoms with van der Waals surface area (Å²) in [5, 5.41) is 0. The van der Waals surface area contributed by atoms with Gasteiger partial charge in [-0.05, 0) is 49.9 Å². The van der Waals surface area contributed by atoms with Crippen LogP contribution in [0.3, 0.4) is 0 Å². The van der Waals surface area contributed by atoms with Crippen molar-refractivity contribution in [3.63, 3.8) is 0 Å². The summed E-state index contributed by atoms with van der Waals surface area (Å²) in [5.41, 5.74) is 5.94. The van der Waals surface area contributed by atoms with E-state index in [4.69, 9.17) is 10.5 Å². The SMILES string of the molecule is CN(CCCOc1ccc(F)cc1)C(=O)C1CCCC(N)C1. The smallest absolute Gasteiger partial charge is 0.225 e. The van der Waals surface area contributed by atoms with Crippen LogP contribution in [-0.2, 0) is 4.79 Å². The van der Waals surface area contributed by atoms with Crippen molar-refractivity contribution in [2.45, 2.75) is 38.1 Å². The van der Waals surface area contributed by atoms with E-state index < -0.39 is 0 Å². The van der Waals surface area contributed by atoms with Gasteiger partial charge in [0.2, 0.25) is 5.91 Å². The average molecular weight is 308 g/mol. The predicted molar refractivity (Wildman–Crippen MR) is 84.1 cm³/mol. The number of ether oxygens (including phenoxy) is 1. The van der Waals surface area contributed by atoms with Crippen LogP contribution in [0.4, 0.5) is 4.39 Å². The number of carbonyl (C=O) groups excluding carboxylic acids is 1. The highest BCUT2D eigenvalue weighted by Gasteiger charge is 2.27. The van der Waals surface area contributed by atoms with Crippen LogP contribution >= 0.6 is 0 Å². The molecule has 0 radical (unpaired) electrons. The number of amides is 1. The van der Waals surface area contributed by atoms with Gasteiger partial charge >= 0.3 is 0 Å². The van der Waals surface area contributed by atoms with Crippen LogP contribution in [0.25, 0.3) is 0 Å². The number of nitrogens with zero attached hydrogens (tertiary/aromatic N) is 1. The monoisotopic (exact) mass is 308 g/mol. The third-order valence-corrected chi connectivity index (χ3v) is 4.16. The zero-order valence-electron chi connectivity index (χ0n) is 13.1. The van der Waals surface area contributed by atoms with Gasteiger partial charge in [0.1, 0.15) is 11.6 Å². The van der Waals surface area contributed by atoms with Gasteiger partial charge in [0.15, 0.2) is 0 Å². The molecule has 5 heteroatoms. The first kappa shape index (κ1) is 16.7. The van der Waals surface area contributed by atoms with Crippen molar-refractivity contribution < 1.29 is 13.9 Å². The number of carbonyl (C=O) groups is 1. The summed E-state index contributed by atoms with van der Waals surface area (Å²) in [7, 11) is 1.83. The molecule has 0 bridgehead atoms. The van der Waals surface area contributed by atoms with E-state index in [1.165, 1.54) is 12.1 Å². The molecule has 0 saturated heterocycles. The van der Waals surface area contributed by atoms with Gasteiger partial charge in [-0.1, -0.05) is 6.42 Å². The molecular weight excluding hydrogens is 283 g/mol. The lowest BCUT2D eigenvalue weighted by atomic mass is 9.85. The average Bonchev–Trinajstić information content (AvgIpc) is 2.52. The normalized spacial score (nSPS) is 21.4. The molecule has 122 valence electrons. The van der Waals surface area contributed by atoms with Crippen molar-refractivity contribution in [3.8, 4) is 5.75 Å². The number of halogens is 1. The third kappa shape index (κ3) is 4.98. The van der Waals surface area contributed by atoms with Crippen LogP contribution in [0.15, 0.2) is 24.3 Å². The van der Waals surface area contributed by atoms with E-state index in [0.29, 0.717) is 18.9 Å². The van der Waals surface area contributed by atoms with E-state index in [1.54, 1.807) is 17.0 Å². The maximum absolute atomic E-state index is 12.8. The molecule has 1 saturated carbocycles. The number of hydrogen-bond acceptors (Lipinski definition) is 3. The second-order valence-corrected chi connectivity index (χ2v) is 6.04. The van der Waals surface area contributed by atoms with E-state index in [9.17, 15) is 9.18 Å². The molecule has 2 unspecified atom stereocenters. The molecule has 22 heavy (non-hydrogen) atoms. The maximum Gasteiger partial charge on any atom is 0.225 e. The minimum atomic E-state index is -0.275. The third-order valence-electron chi connectivity index (χ3n) is 4.16. The first-order valence-corrected chi connectivity index (χ1v) is 7.95. The first-order chi connectivity index (χ1) is 10.6. The summed E-state index contributed by atoms with van der Waals surface area (Å²) >= 11 is 0. The summed E-state index contributed by atoms with van der Waals surface area (Å²) in [6.07, 6.45) is 4.56. The summed E-state index contributed by atoms with van der Waals surface area (Å²) in [5.74, 6) is 0.640. The van der Waals surface area contributed by atoms with E-state index in [-0.39, 0.29) is 23.7 Å². The van der Waals surface area contributed by atoms with Crippen molar-refractivity contribution in [1.82, 2.24) is 4.90 Å². The van der Waals surface area contributed by atoms with Crippen molar-refractivity contribution in [2.75, 3.05) is 20.2 Å². The Hall–Kier alpha value is -1.62. The fourth-order valence-electron chi connectivity index (χ4n) is 2.90. The Labute approximate surface area is 131 Å². The highest BCUT2D eigenvalue weighted by atomic mass is 19.1. The fourth-order valence-corrected chi connectivity index (χ4v) is 2.90. The highest BCUT2D eigenvalue weighted by Crippen LogP contribution is 2.24. The number of rotatable bonds is 6. The van der Waals surface area contributed by atoms with Gasteiger partial charge in [0.25, 0.3) is 0 Å². The van der Waals surface area contributed by atoms with E-state index in [2.05, 4.69) is 0 Å². The van der Waals surface area contributed by atoms with Gasteiger partial charge in [-0.3, -0.25) is 4.79 Å². The Balaban J connectivity index is 1.67. The minimum absolute atomic E-state index is 0.0757. The molecule has 0 aliphatic heterocycles. The van der Waals surface area contributed by atoms with Crippen LogP contribution in [-0.4, -0.2) is 37.0 Å². The molecule has 1 aromatic rings. The molecule has 0 aromatic heterocycles. The summed E-state index contributed by atoms with van der Waals surface area (Å²) < 4.78 is 18.3. The Morgan fingerprint density at radius 1 is 1.36 bits per heavy atom. The second kappa shape index (κ2) is 8.13. The van der Waals surface area contributed by atoms with Gasteiger partial charge < -0.3 is 15.4 Å². The molecule has 0 spiro atoms. The standard InChI is InChI=1S/C17H25FN2O2/c1-20(17(21)13-4-2-5-15(19)12-13)10-3-11-22-16-8-6-14(18)7-9-16/h6-9,13,15H,2-5,10-12,19H2,1H3. The molecule has 2 atom stereocenters. The van der Waals surface area contributed by atoms with Crippen LogP contribution in [0.5, 0.6) is 5.75 Å². The van der Waals surface area contributed by atoms with Crippen molar-refractivity contribution >= 4 is 5.91 Å². The molecule has 1 fully saturated rings. The van der Waals surface area contributed by atoms with E-state index >= 15 is 0 Å². The Bertz CT molecular complexity index is 478. The molecule has 1 aromatic carbocycles. The molecule has 1 aliphatic carbocycles. The van der Waals surface area contributed by atoms with Gasteiger partial charge in [-0.15, -0.1) is 0 Å². The topological polar surface area (TPSA) is 55.6 Å². The van der Waals surface area contributed by atoms with E-state index in [0.717, 1.165) is 32.1 Å². The molecule has 2 N–H and O–H groups in total. The number of benzene rings is 1. The summed E-state index contributed by atoms with van der Waals surface area (Å²) in [6, 6.07) is 6.12. The largest absolute Gasteiger partial charge is 0.494 e. The van der Waals surface area contributed by atoms with Crippen LogP contribution in [0, 0.1) is 11.7 Å². The second-order valence-electron chi connectivity index (χ2n) is 6.04. The maximum atomic E-state index is 12.8. The molecule has 0 heterocycles. The minimum Gasteiger partial charge on any atom is -0.494 e. The van der Waals surface area contributed by atoms with Crippen LogP contribution in [0.1, 0.15) is 32.1 Å². The quantitative estimate of drug-likeness (QED) is 0.822. The molecular formula is C17H25FN2O2. The van der Waals surface area contributed by atoms with E-state index in [1.807, 2.05) is 7.05 Å². The lowest BCUT2D eigenvalue weighted by Gasteiger charge is -2.29. The zero-order valence-corrected chi connectivity index (χ0v) is 13.1. The van der Waals surface area contributed by atoms with Crippen molar-refractivity contribution in [3.05, 3.63) is 30.1 Å². The first-order valence-electron chi connectivity index (χ1n) is 7.95. The summed E-state index contributed by atoms with van der Waals surface area (Å²) in [6.45, 7) is 1.17. The number of nitrogens with two attached hydrogens (primary N) is 1. The Morgan fingerprint density at radius 2 is 2.09 bits per heavy atom. The lowest BCUT2D eigenvalue weighted by Crippen LogP contribution is -2.39. The van der Waals surface area contributed by atoms with Gasteiger partial charge in [0, 0.05) is 25.6 Å². The molecule has 2 rings (SSSR count). The summed E-state index contributed by atoms with van der Waals surface area (Å²) in [4.78, 5) is 14.1. The van der Waals surface area contributed by atoms with Crippen molar-refractivity contribution in [2.24, 2.45) is 11.7 Å². The Morgan fingerprint density at radius 3 is 2.77 bits per heavy atom. The highest BCUT2D eigenvalue weighted by molar-refractivity contribution is 5.78. The Kier molecular flexibility index (Phi) is 6.19. The molecule has 1 amide bonds. The van der Waals surface area contributed by atoms with Gasteiger partial charge in [-0.25, -0.2) is 4.39 Å². The van der Waals surface area contributed by atoms with Crippen LogP contribution < -0.4 is 10.5 Å². The van der Waals surface area contributed by atoms with Crippen molar-refractivity contribution in [1.29, 1.82) is 0 Å². The van der Waals surface area contributed by atoms with Crippen LogP contribution in [0.2, 0.25) is 0 Å². The lowest BCUT2D eigenvalue weighted by molar-refractivity contribution is -0.135. The molecule has 4 nitrogen and oxygen atoms in total. The van der Waals surface area contributed by atoms with Gasteiger partial charge in [-0.2, -0.15) is 0 Å². The fraction of sp³-hybridized carbons (Fsp3) is 0.588. The number of hydrogen-bond donors (Lipinski definition) is 1. The predicted octanol–water partition coefficient (Wildman–Crippen LogP) is 2.57. The molecule has 1 aliphatic rings. The zero-order chi connectivity index (χ0) is 15.9. The van der Waals surface area contributed by atoms with Gasteiger partial charge in [0.05, 0.1) is 6.61 Å².